The van der Waals surface area contributed by atoms with E-state index in [1.54, 1.807) is 4.68 Å². The number of rotatable bonds is 5. The number of aromatic nitrogens is 4. The van der Waals surface area contributed by atoms with E-state index in [1.165, 1.54) is 18.3 Å². The number of aryl methyl sites for hydroxylation is 1. The third-order valence-electron chi connectivity index (χ3n) is 3.14. The summed E-state index contributed by atoms with van der Waals surface area (Å²) in [5.41, 5.74) is -0.321. The zero-order chi connectivity index (χ0) is 13.9. The highest BCUT2D eigenvalue weighted by Crippen LogP contribution is 2.30. The second kappa shape index (κ2) is 5.44. The molecule has 0 saturated heterocycles. The van der Waals surface area contributed by atoms with Gasteiger partial charge in [0, 0.05) is 6.54 Å². The van der Waals surface area contributed by atoms with E-state index in [1.807, 2.05) is 13.8 Å². The fourth-order valence-electron chi connectivity index (χ4n) is 2.07. The number of aliphatic hydroxyl groups is 1. The highest BCUT2D eigenvalue weighted by Gasteiger charge is 2.35. The number of nitrogens with zero attached hydrogens (tertiary/aromatic N) is 4. The van der Waals surface area contributed by atoms with Gasteiger partial charge in [-0.3, -0.25) is 4.98 Å². The van der Waals surface area contributed by atoms with Crippen molar-refractivity contribution in [3.63, 3.8) is 0 Å². The topological polar surface area (TPSA) is 63.8 Å². The van der Waals surface area contributed by atoms with E-state index in [0.29, 0.717) is 24.4 Å². The van der Waals surface area contributed by atoms with Crippen LogP contribution >= 0.6 is 0 Å². The van der Waals surface area contributed by atoms with Crippen LogP contribution in [-0.2, 0) is 12.1 Å². The van der Waals surface area contributed by atoms with Gasteiger partial charge in [-0.25, -0.2) is 9.07 Å². The summed E-state index contributed by atoms with van der Waals surface area (Å²) < 4.78 is 14.6. The third-order valence-corrected chi connectivity index (χ3v) is 3.14. The van der Waals surface area contributed by atoms with Gasteiger partial charge < -0.3 is 5.11 Å². The summed E-state index contributed by atoms with van der Waals surface area (Å²) in [6.45, 7) is 4.53. The molecule has 0 amide bonds. The minimum Gasteiger partial charge on any atom is -0.377 e. The summed E-state index contributed by atoms with van der Waals surface area (Å²) in [7, 11) is 0. The Kier molecular flexibility index (Phi) is 3.90. The molecule has 0 bridgehead atoms. The molecular formula is C13H17FN4O. The molecule has 0 fully saturated rings. The second-order valence-electron chi connectivity index (χ2n) is 4.42. The van der Waals surface area contributed by atoms with Crippen molar-refractivity contribution in [3.05, 3.63) is 41.7 Å². The second-order valence-corrected chi connectivity index (χ2v) is 4.42. The highest BCUT2D eigenvalue weighted by atomic mass is 19.1. The van der Waals surface area contributed by atoms with Gasteiger partial charge in [0.15, 0.2) is 0 Å². The van der Waals surface area contributed by atoms with E-state index >= 15 is 0 Å². The maximum Gasteiger partial charge on any atom is 0.149 e. The maximum atomic E-state index is 12.9. The molecule has 1 N–H and O–H groups in total. The van der Waals surface area contributed by atoms with Gasteiger partial charge >= 0.3 is 0 Å². The number of hydrogen-bond donors (Lipinski definition) is 1. The number of hydrogen-bond acceptors (Lipinski definition) is 4. The zero-order valence-corrected chi connectivity index (χ0v) is 11.0. The molecule has 0 spiro atoms. The Hall–Kier alpha value is -1.82. The Bertz CT molecular complexity index is 540. The molecule has 19 heavy (non-hydrogen) atoms. The van der Waals surface area contributed by atoms with Crippen molar-refractivity contribution in [1.82, 2.24) is 20.0 Å². The van der Waals surface area contributed by atoms with Gasteiger partial charge in [-0.15, -0.1) is 5.10 Å². The predicted octanol–water partition coefficient (Wildman–Crippen LogP) is 1.87. The first-order chi connectivity index (χ1) is 9.11. The standard InChI is InChI=1S/C13H17FN4O/c1-3-7-18-12(9-16-17-18)13(19,4-2)11-6-5-10(14)8-15-11/h5-6,8-9,19H,3-4,7H2,1-2H3. The highest BCUT2D eigenvalue weighted by molar-refractivity contribution is 5.25. The molecule has 0 saturated carbocycles. The molecule has 2 heterocycles. The Labute approximate surface area is 111 Å². The van der Waals surface area contributed by atoms with Crippen molar-refractivity contribution in [1.29, 1.82) is 0 Å². The fourth-order valence-corrected chi connectivity index (χ4v) is 2.07. The van der Waals surface area contributed by atoms with Crippen molar-refractivity contribution >= 4 is 0 Å². The zero-order valence-electron chi connectivity index (χ0n) is 11.0. The van der Waals surface area contributed by atoms with Crippen LogP contribution in [0, 0.1) is 5.82 Å². The van der Waals surface area contributed by atoms with Gasteiger partial charge in [-0.1, -0.05) is 19.1 Å². The summed E-state index contributed by atoms with van der Waals surface area (Å²) in [4.78, 5) is 3.98. The molecule has 2 aromatic rings. The van der Waals surface area contributed by atoms with Gasteiger partial charge in [0.05, 0.1) is 23.8 Å². The number of pyridine rings is 1. The molecule has 102 valence electrons. The van der Waals surface area contributed by atoms with Crippen LogP contribution in [0.1, 0.15) is 38.1 Å². The lowest BCUT2D eigenvalue weighted by Gasteiger charge is -2.26. The van der Waals surface area contributed by atoms with Crippen LogP contribution in [0.25, 0.3) is 0 Å². The maximum absolute atomic E-state index is 12.9. The Morgan fingerprint density at radius 1 is 1.32 bits per heavy atom. The lowest BCUT2D eigenvalue weighted by atomic mass is 9.92. The van der Waals surface area contributed by atoms with Crippen molar-refractivity contribution in [2.75, 3.05) is 0 Å². The molecule has 1 unspecified atom stereocenters. The van der Waals surface area contributed by atoms with Crippen LogP contribution in [0.4, 0.5) is 4.39 Å². The molecule has 5 nitrogen and oxygen atoms in total. The third kappa shape index (κ3) is 2.49. The van der Waals surface area contributed by atoms with Crippen LogP contribution in [0.5, 0.6) is 0 Å². The first kappa shape index (κ1) is 13.6. The van der Waals surface area contributed by atoms with Crippen LogP contribution in [0.2, 0.25) is 0 Å². The molecule has 0 aliphatic carbocycles. The van der Waals surface area contributed by atoms with Crippen molar-refractivity contribution in [2.24, 2.45) is 0 Å². The molecule has 0 radical (unpaired) electrons. The Balaban J connectivity index is 2.46. The summed E-state index contributed by atoms with van der Waals surface area (Å²) in [6.07, 6.45) is 3.92. The monoisotopic (exact) mass is 264 g/mol. The Morgan fingerprint density at radius 2 is 2.11 bits per heavy atom. The normalized spacial score (nSPS) is 14.3. The predicted molar refractivity (Wildman–Crippen MR) is 67.8 cm³/mol. The average molecular weight is 264 g/mol. The van der Waals surface area contributed by atoms with Gasteiger partial charge in [0.1, 0.15) is 11.4 Å². The van der Waals surface area contributed by atoms with Gasteiger partial charge in [-0.2, -0.15) is 0 Å². The minimum absolute atomic E-state index is 0.399. The molecule has 2 aromatic heterocycles. The summed E-state index contributed by atoms with van der Waals surface area (Å²) in [5.74, 6) is -0.428. The summed E-state index contributed by atoms with van der Waals surface area (Å²) in [6, 6.07) is 2.78. The van der Waals surface area contributed by atoms with Gasteiger partial charge in [0.2, 0.25) is 0 Å². The van der Waals surface area contributed by atoms with Gasteiger partial charge in [0.25, 0.3) is 0 Å². The van der Waals surface area contributed by atoms with E-state index in [-0.39, 0.29) is 0 Å². The first-order valence-electron chi connectivity index (χ1n) is 6.35. The van der Waals surface area contributed by atoms with Gasteiger partial charge in [-0.05, 0) is 25.0 Å². The minimum atomic E-state index is -1.30. The molecule has 2 rings (SSSR count). The molecule has 0 aliphatic rings. The van der Waals surface area contributed by atoms with Crippen molar-refractivity contribution in [3.8, 4) is 0 Å². The summed E-state index contributed by atoms with van der Waals surface area (Å²) >= 11 is 0. The molecular weight excluding hydrogens is 247 g/mol. The fraction of sp³-hybridized carbons (Fsp3) is 0.462. The van der Waals surface area contributed by atoms with Crippen LogP contribution in [-0.4, -0.2) is 25.1 Å². The molecule has 0 aliphatic heterocycles. The SMILES string of the molecule is CCCn1nncc1C(O)(CC)c1ccc(F)cn1. The Morgan fingerprint density at radius 3 is 2.68 bits per heavy atom. The molecule has 6 heteroatoms. The van der Waals surface area contributed by atoms with Crippen molar-refractivity contribution < 1.29 is 9.50 Å². The van der Waals surface area contributed by atoms with E-state index in [0.717, 1.165) is 12.6 Å². The average Bonchev–Trinajstić information content (AvgIpc) is 2.88. The largest absolute Gasteiger partial charge is 0.377 e. The lowest BCUT2D eigenvalue weighted by Crippen LogP contribution is -2.31. The van der Waals surface area contributed by atoms with Crippen LogP contribution < -0.4 is 0 Å². The van der Waals surface area contributed by atoms with E-state index in [4.69, 9.17) is 0 Å². The van der Waals surface area contributed by atoms with Crippen LogP contribution in [0.3, 0.4) is 0 Å². The number of halogens is 1. The van der Waals surface area contributed by atoms with E-state index in [2.05, 4.69) is 15.3 Å². The molecule has 0 aromatic carbocycles. The van der Waals surface area contributed by atoms with E-state index in [9.17, 15) is 9.50 Å². The summed E-state index contributed by atoms with van der Waals surface area (Å²) in [5, 5.41) is 18.7. The lowest BCUT2D eigenvalue weighted by molar-refractivity contribution is 0.0618. The quantitative estimate of drug-likeness (QED) is 0.895. The first-order valence-corrected chi connectivity index (χ1v) is 6.35. The molecule has 1 atom stereocenters. The van der Waals surface area contributed by atoms with Crippen molar-refractivity contribution in [2.45, 2.75) is 38.8 Å². The smallest absolute Gasteiger partial charge is 0.149 e. The van der Waals surface area contributed by atoms with Crippen LogP contribution in [0.15, 0.2) is 24.5 Å². The van der Waals surface area contributed by atoms with E-state index < -0.39 is 11.4 Å².